The summed E-state index contributed by atoms with van der Waals surface area (Å²) in [4.78, 5) is 21.4. The van der Waals surface area contributed by atoms with Crippen LogP contribution in [0.15, 0.2) is 23.8 Å². The highest BCUT2D eigenvalue weighted by Gasteiger charge is 2.60. The Morgan fingerprint density at radius 2 is 1.38 bits per heavy atom. The Labute approximate surface area is 209 Å². The smallest absolute Gasteiger partial charge is 0.330 e. The van der Waals surface area contributed by atoms with Crippen LogP contribution in [0.5, 0.6) is 0 Å². The quantitative estimate of drug-likeness (QED) is 0.183. The number of rotatable bonds is 15. The standard InChI is InChI=1S/C16H30O2.C14H22O2/c1-3-4-5-6-7-8-9-10-11-12-13-14-15(2)16(17)18;1-9(12(15)16)7-11-8-10-5-6-14(11,4)13(10,2)3/h2-14H2,1H3,(H,17,18);7,10-11H,5-6,8H2,1-4H3,(H,15,16). The molecule has 2 saturated carbocycles. The van der Waals surface area contributed by atoms with Crippen molar-refractivity contribution in [1.29, 1.82) is 0 Å². The maximum Gasteiger partial charge on any atom is 0.330 e. The summed E-state index contributed by atoms with van der Waals surface area (Å²) in [6, 6.07) is 0. The summed E-state index contributed by atoms with van der Waals surface area (Å²) >= 11 is 0. The van der Waals surface area contributed by atoms with Crippen molar-refractivity contribution in [2.24, 2.45) is 22.7 Å². The number of fused-ring (bicyclic) bond motifs is 2. The van der Waals surface area contributed by atoms with E-state index in [0.29, 0.717) is 34.3 Å². The molecule has 0 amide bonds. The minimum Gasteiger partial charge on any atom is -0.478 e. The van der Waals surface area contributed by atoms with E-state index in [2.05, 4.69) is 34.3 Å². The van der Waals surface area contributed by atoms with Gasteiger partial charge < -0.3 is 10.2 Å². The van der Waals surface area contributed by atoms with Gasteiger partial charge in [-0.3, -0.25) is 0 Å². The van der Waals surface area contributed by atoms with Crippen LogP contribution in [0, 0.1) is 22.7 Å². The van der Waals surface area contributed by atoms with Gasteiger partial charge in [-0.2, -0.15) is 0 Å². The second-order valence-electron chi connectivity index (χ2n) is 11.6. The minimum atomic E-state index is -0.845. The van der Waals surface area contributed by atoms with Crippen molar-refractivity contribution in [3.05, 3.63) is 23.8 Å². The number of carbonyl (C=O) groups is 2. The molecule has 3 atom stereocenters. The van der Waals surface area contributed by atoms with Gasteiger partial charge in [-0.1, -0.05) is 105 Å². The molecule has 2 aliphatic rings. The van der Waals surface area contributed by atoms with Crippen molar-refractivity contribution in [2.45, 2.75) is 131 Å². The highest BCUT2D eigenvalue weighted by molar-refractivity contribution is 5.86. The van der Waals surface area contributed by atoms with Gasteiger partial charge >= 0.3 is 11.9 Å². The third kappa shape index (κ3) is 8.89. The lowest BCUT2D eigenvalue weighted by Crippen LogP contribution is -2.31. The largest absolute Gasteiger partial charge is 0.478 e. The zero-order valence-electron chi connectivity index (χ0n) is 22.8. The van der Waals surface area contributed by atoms with E-state index in [1.807, 2.05) is 6.08 Å². The number of unbranched alkanes of at least 4 members (excludes halogenated alkanes) is 10. The number of carboxylic acids is 2. The molecule has 0 spiro atoms. The van der Waals surface area contributed by atoms with E-state index >= 15 is 0 Å². The second-order valence-corrected chi connectivity index (χ2v) is 11.6. The van der Waals surface area contributed by atoms with Gasteiger partial charge in [0.25, 0.3) is 0 Å². The molecule has 2 N–H and O–H groups in total. The number of hydrogen-bond acceptors (Lipinski definition) is 2. The molecule has 2 fully saturated rings. The second kappa shape index (κ2) is 14.7. The molecule has 196 valence electrons. The summed E-state index contributed by atoms with van der Waals surface area (Å²) in [5, 5.41) is 17.6. The van der Waals surface area contributed by atoms with Gasteiger partial charge in [-0.15, -0.1) is 0 Å². The van der Waals surface area contributed by atoms with E-state index in [1.54, 1.807) is 6.92 Å². The van der Waals surface area contributed by atoms with E-state index in [4.69, 9.17) is 10.2 Å². The predicted octanol–water partition coefficient (Wildman–Crippen LogP) is 8.81. The fourth-order valence-corrected chi connectivity index (χ4v) is 6.00. The summed E-state index contributed by atoms with van der Waals surface area (Å²) < 4.78 is 0. The summed E-state index contributed by atoms with van der Waals surface area (Å²) in [5.74, 6) is -0.385. The lowest BCUT2D eigenvalue weighted by atomic mass is 9.66. The van der Waals surface area contributed by atoms with Crippen LogP contribution in [0.3, 0.4) is 0 Å². The molecule has 2 bridgehead atoms. The maximum atomic E-state index is 10.9. The Morgan fingerprint density at radius 1 is 0.882 bits per heavy atom. The fraction of sp³-hybridized carbons (Fsp3) is 0.800. The monoisotopic (exact) mass is 476 g/mol. The van der Waals surface area contributed by atoms with E-state index in [1.165, 1.54) is 77.0 Å². The third-order valence-corrected chi connectivity index (χ3v) is 9.03. The maximum absolute atomic E-state index is 10.9. The fourth-order valence-electron chi connectivity index (χ4n) is 6.00. The van der Waals surface area contributed by atoms with Gasteiger partial charge in [0.1, 0.15) is 0 Å². The van der Waals surface area contributed by atoms with Crippen LogP contribution in [0.25, 0.3) is 0 Å². The number of carboxylic acid groups (broad SMARTS) is 2. The highest BCUT2D eigenvalue weighted by Crippen LogP contribution is 2.68. The van der Waals surface area contributed by atoms with Crippen molar-refractivity contribution in [3.63, 3.8) is 0 Å². The molecule has 0 radical (unpaired) electrons. The summed E-state index contributed by atoms with van der Waals surface area (Å²) in [7, 11) is 0. The Hall–Kier alpha value is -1.58. The van der Waals surface area contributed by atoms with Crippen molar-refractivity contribution < 1.29 is 19.8 Å². The first-order valence-electron chi connectivity index (χ1n) is 13.8. The molecule has 34 heavy (non-hydrogen) atoms. The van der Waals surface area contributed by atoms with E-state index in [9.17, 15) is 9.59 Å². The van der Waals surface area contributed by atoms with Crippen LogP contribution in [0.4, 0.5) is 0 Å². The van der Waals surface area contributed by atoms with Crippen LogP contribution in [-0.2, 0) is 9.59 Å². The zero-order chi connectivity index (χ0) is 25.8. The number of allylic oxidation sites excluding steroid dienone is 1. The SMILES string of the molecule is C=C(CCCCCCCCCCCCC)C(=O)O.CC(=CC1CC2CCC1(C)C2(C)C)C(=O)O. The summed E-state index contributed by atoms with van der Waals surface area (Å²) in [6.07, 6.45) is 20.6. The lowest BCUT2D eigenvalue weighted by Gasteiger charge is -2.38. The zero-order valence-corrected chi connectivity index (χ0v) is 22.8. The number of aliphatic carboxylic acids is 2. The third-order valence-electron chi connectivity index (χ3n) is 9.03. The first-order chi connectivity index (χ1) is 16.0. The van der Waals surface area contributed by atoms with E-state index in [-0.39, 0.29) is 0 Å². The minimum absolute atomic E-state index is 0.300. The molecular weight excluding hydrogens is 424 g/mol. The summed E-state index contributed by atoms with van der Waals surface area (Å²) in [6.45, 7) is 14.6. The van der Waals surface area contributed by atoms with Crippen LogP contribution < -0.4 is 0 Å². The molecule has 0 aliphatic heterocycles. The average molecular weight is 477 g/mol. The molecule has 2 rings (SSSR count). The van der Waals surface area contributed by atoms with Crippen LogP contribution in [0.2, 0.25) is 0 Å². The van der Waals surface area contributed by atoms with Crippen LogP contribution in [-0.4, -0.2) is 22.2 Å². The van der Waals surface area contributed by atoms with Gasteiger partial charge in [0.15, 0.2) is 0 Å². The van der Waals surface area contributed by atoms with Gasteiger partial charge in [0.05, 0.1) is 0 Å². The van der Waals surface area contributed by atoms with E-state index in [0.717, 1.165) is 18.8 Å². The molecule has 0 aromatic heterocycles. The lowest BCUT2D eigenvalue weighted by molar-refractivity contribution is -0.133. The highest BCUT2D eigenvalue weighted by atomic mass is 16.4. The Kier molecular flexibility index (Phi) is 13.2. The van der Waals surface area contributed by atoms with Crippen molar-refractivity contribution >= 4 is 11.9 Å². The van der Waals surface area contributed by atoms with Gasteiger partial charge in [0.2, 0.25) is 0 Å². The normalized spacial score (nSPS) is 25.0. The molecule has 4 heteroatoms. The molecular formula is C30H52O4. The van der Waals surface area contributed by atoms with Crippen molar-refractivity contribution in [1.82, 2.24) is 0 Å². The Morgan fingerprint density at radius 3 is 1.76 bits per heavy atom. The Balaban J connectivity index is 0.000000341. The van der Waals surface area contributed by atoms with Crippen LogP contribution in [0.1, 0.15) is 131 Å². The topological polar surface area (TPSA) is 74.6 Å². The Bertz CT molecular complexity index is 690. The van der Waals surface area contributed by atoms with Gasteiger partial charge in [0, 0.05) is 11.1 Å². The average Bonchev–Trinajstić information content (AvgIpc) is 3.11. The predicted molar refractivity (Wildman–Crippen MR) is 142 cm³/mol. The van der Waals surface area contributed by atoms with Gasteiger partial charge in [-0.05, 0) is 61.7 Å². The molecule has 3 unspecified atom stereocenters. The van der Waals surface area contributed by atoms with Gasteiger partial charge in [-0.25, -0.2) is 9.59 Å². The summed E-state index contributed by atoms with van der Waals surface area (Å²) in [5.41, 5.74) is 1.53. The number of hydrogen-bond donors (Lipinski definition) is 2. The molecule has 0 aromatic carbocycles. The first kappa shape index (κ1) is 30.5. The first-order valence-corrected chi connectivity index (χ1v) is 13.8. The van der Waals surface area contributed by atoms with Crippen molar-refractivity contribution in [2.75, 3.05) is 0 Å². The molecule has 2 aliphatic carbocycles. The molecule has 0 aromatic rings. The van der Waals surface area contributed by atoms with Crippen molar-refractivity contribution in [3.8, 4) is 0 Å². The molecule has 0 saturated heterocycles. The molecule has 4 nitrogen and oxygen atoms in total. The molecule has 0 heterocycles. The van der Waals surface area contributed by atoms with Crippen LogP contribution >= 0.6 is 0 Å². The van der Waals surface area contributed by atoms with E-state index < -0.39 is 11.9 Å².